The van der Waals surface area contributed by atoms with Crippen molar-refractivity contribution in [3.63, 3.8) is 0 Å². The lowest BCUT2D eigenvalue weighted by Gasteiger charge is -2.17. The van der Waals surface area contributed by atoms with Crippen molar-refractivity contribution in [2.45, 2.75) is 27.2 Å². The second-order valence-electron chi connectivity index (χ2n) is 7.49. The van der Waals surface area contributed by atoms with Crippen molar-refractivity contribution >= 4 is 17.4 Å². The maximum absolute atomic E-state index is 12.4. The van der Waals surface area contributed by atoms with E-state index in [4.69, 9.17) is 0 Å². The maximum atomic E-state index is 12.4. The van der Waals surface area contributed by atoms with Crippen LogP contribution in [-0.2, 0) is 0 Å². The first-order valence-electron chi connectivity index (χ1n) is 10.9. The largest absolute Gasteiger partial charge is 0.352 e. The third-order valence-corrected chi connectivity index (χ3v) is 5.27. The molecule has 1 amide bonds. The zero-order valence-corrected chi connectivity index (χ0v) is 18.6. The van der Waals surface area contributed by atoms with Crippen LogP contribution in [0, 0.1) is 6.92 Å². The molecule has 0 spiro atoms. The summed E-state index contributed by atoms with van der Waals surface area (Å²) in [7, 11) is 0. The number of aromatic nitrogens is 2. The molecule has 6 heteroatoms. The highest BCUT2D eigenvalue weighted by atomic mass is 16.1. The van der Waals surface area contributed by atoms with Crippen molar-refractivity contribution in [1.82, 2.24) is 20.2 Å². The summed E-state index contributed by atoms with van der Waals surface area (Å²) in [6.45, 7) is 10.1. The van der Waals surface area contributed by atoms with E-state index >= 15 is 0 Å². The fourth-order valence-electron chi connectivity index (χ4n) is 3.31. The highest BCUT2D eigenvalue weighted by Gasteiger charge is 2.07. The lowest BCUT2D eigenvalue weighted by molar-refractivity contribution is 0.0952. The third kappa shape index (κ3) is 6.62. The van der Waals surface area contributed by atoms with Gasteiger partial charge in [-0.2, -0.15) is 0 Å². The fourth-order valence-corrected chi connectivity index (χ4v) is 3.31. The van der Waals surface area contributed by atoms with Crippen molar-refractivity contribution in [3.8, 4) is 11.3 Å². The Morgan fingerprint density at radius 3 is 2.35 bits per heavy atom. The summed E-state index contributed by atoms with van der Waals surface area (Å²) in [6, 6.07) is 17.6. The van der Waals surface area contributed by atoms with E-state index in [0.29, 0.717) is 17.9 Å². The second kappa shape index (κ2) is 11.2. The molecule has 3 rings (SSSR count). The Morgan fingerprint density at radius 2 is 1.68 bits per heavy atom. The molecular formula is C25H31N5O. The molecular weight excluding hydrogens is 386 g/mol. The van der Waals surface area contributed by atoms with Gasteiger partial charge in [-0.25, -0.2) is 9.97 Å². The lowest BCUT2D eigenvalue weighted by atomic mass is 10.1. The fraction of sp³-hybridized carbons (Fsp3) is 0.320. The molecule has 1 heterocycles. The van der Waals surface area contributed by atoms with Crippen LogP contribution in [0.4, 0.5) is 11.5 Å². The molecule has 0 aliphatic heterocycles. The van der Waals surface area contributed by atoms with Gasteiger partial charge < -0.3 is 15.5 Å². The van der Waals surface area contributed by atoms with Gasteiger partial charge in [0.2, 0.25) is 0 Å². The van der Waals surface area contributed by atoms with Crippen molar-refractivity contribution in [1.29, 1.82) is 0 Å². The topological polar surface area (TPSA) is 70.2 Å². The Kier molecular flexibility index (Phi) is 8.12. The number of hydrogen-bond donors (Lipinski definition) is 2. The quantitative estimate of drug-likeness (QED) is 0.470. The smallest absolute Gasteiger partial charge is 0.251 e. The molecule has 0 fully saturated rings. The summed E-state index contributed by atoms with van der Waals surface area (Å²) in [5, 5.41) is 6.28. The number of amides is 1. The Morgan fingerprint density at radius 1 is 0.968 bits per heavy atom. The van der Waals surface area contributed by atoms with Gasteiger partial charge in [0.05, 0.1) is 5.69 Å². The zero-order chi connectivity index (χ0) is 22.1. The highest BCUT2D eigenvalue weighted by Crippen LogP contribution is 2.21. The summed E-state index contributed by atoms with van der Waals surface area (Å²) >= 11 is 0. The minimum absolute atomic E-state index is 0.0465. The van der Waals surface area contributed by atoms with Gasteiger partial charge in [0.15, 0.2) is 0 Å². The molecule has 2 N–H and O–H groups in total. The monoisotopic (exact) mass is 417 g/mol. The molecule has 0 bridgehead atoms. The molecule has 162 valence electrons. The standard InChI is InChI=1S/C25H31N5O/c1-4-30(5-2)16-6-15-26-25(31)21-11-13-22(14-12-21)29-24-17-23(27-18-28-24)20-9-7-19(3)8-10-20/h7-14,17-18H,4-6,15-16H2,1-3H3,(H,26,31)(H,27,28,29). The van der Waals surface area contributed by atoms with E-state index < -0.39 is 0 Å². The van der Waals surface area contributed by atoms with Crippen molar-refractivity contribution in [3.05, 3.63) is 72.1 Å². The van der Waals surface area contributed by atoms with E-state index in [1.54, 1.807) is 6.33 Å². The molecule has 6 nitrogen and oxygen atoms in total. The first kappa shape index (κ1) is 22.4. The van der Waals surface area contributed by atoms with Gasteiger partial charge in [0.25, 0.3) is 5.91 Å². The number of aryl methyl sites for hydroxylation is 1. The van der Waals surface area contributed by atoms with Gasteiger partial charge in [0.1, 0.15) is 12.1 Å². The number of rotatable bonds is 10. The number of carbonyl (C=O) groups excluding carboxylic acids is 1. The molecule has 0 radical (unpaired) electrons. The Hall–Kier alpha value is -3.25. The van der Waals surface area contributed by atoms with Gasteiger partial charge in [-0.1, -0.05) is 43.7 Å². The average molecular weight is 418 g/mol. The molecule has 0 aliphatic carbocycles. The van der Waals surface area contributed by atoms with Crippen LogP contribution in [0.2, 0.25) is 0 Å². The first-order valence-corrected chi connectivity index (χ1v) is 10.9. The lowest BCUT2D eigenvalue weighted by Crippen LogP contribution is -2.29. The van der Waals surface area contributed by atoms with Crippen LogP contribution in [0.3, 0.4) is 0 Å². The number of benzene rings is 2. The SMILES string of the molecule is CCN(CC)CCCNC(=O)c1ccc(Nc2cc(-c3ccc(C)cc3)ncn2)cc1. The van der Waals surface area contributed by atoms with Crippen molar-refractivity contribution in [2.75, 3.05) is 31.5 Å². The minimum atomic E-state index is -0.0465. The normalized spacial score (nSPS) is 10.8. The summed E-state index contributed by atoms with van der Waals surface area (Å²) in [4.78, 5) is 23.4. The van der Waals surface area contributed by atoms with Gasteiger partial charge >= 0.3 is 0 Å². The first-order chi connectivity index (χ1) is 15.1. The van der Waals surface area contributed by atoms with Gasteiger partial charge in [-0.05, 0) is 57.2 Å². The Labute approximate surface area is 184 Å². The predicted octanol–water partition coefficient (Wildman–Crippen LogP) is 4.66. The number of hydrogen-bond acceptors (Lipinski definition) is 5. The van der Waals surface area contributed by atoms with Gasteiger partial charge in [-0.15, -0.1) is 0 Å². The molecule has 3 aromatic rings. The van der Waals surface area contributed by atoms with Crippen LogP contribution in [0.15, 0.2) is 60.9 Å². The molecule has 0 unspecified atom stereocenters. The van der Waals surface area contributed by atoms with E-state index in [1.165, 1.54) is 5.56 Å². The molecule has 2 aromatic carbocycles. The molecule has 0 aliphatic rings. The van der Waals surface area contributed by atoms with Gasteiger partial charge in [-0.3, -0.25) is 4.79 Å². The Bertz CT molecular complexity index is 966. The molecule has 1 aromatic heterocycles. The summed E-state index contributed by atoms with van der Waals surface area (Å²) < 4.78 is 0. The maximum Gasteiger partial charge on any atom is 0.251 e. The van der Waals surface area contributed by atoms with E-state index in [0.717, 1.165) is 43.0 Å². The molecule has 31 heavy (non-hydrogen) atoms. The van der Waals surface area contributed by atoms with Crippen LogP contribution in [0.1, 0.15) is 36.2 Å². The van der Waals surface area contributed by atoms with Crippen LogP contribution in [-0.4, -0.2) is 47.0 Å². The van der Waals surface area contributed by atoms with Crippen LogP contribution >= 0.6 is 0 Å². The van der Waals surface area contributed by atoms with Crippen molar-refractivity contribution < 1.29 is 4.79 Å². The predicted molar refractivity (Wildman–Crippen MR) is 127 cm³/mol. The summed E-state index contributed by atoms with van der Waals surface area (Å²) in [6.07, 6.45) is 2.50. The van der Waals surface area contributed by atoms with E-state index in [-0.39, 0.29) is 5.91 Å². The molecule has 0 saturated heterocycles. The number of carbonyl (C=O) groups is 1. The number of anilines is 2. The van der Waals surface area contributed by atoms with E-state index in [1.807, 2.05) is 30.3 Å². The molecule has 0 saturated carbocycles. The average Bonchev–Trinajstić information content (AvgIpc) is 2.80. The van der Waals surface area contributed by atoms with Gasteiger partial charge in [0, 0.05) is 29.4 Å². The summed E-state index contributed by atoms with van der Waals surface area (Å²) in [5.41, 5.74) is 4.63. The number of nitrogens with one attached hydrogen (secondary N) is 2. The number of nitrogens with zero attached hydrogens (tertiary/aromatic N) is 3. The second-order valence-corrected chi connectivity index (χ2v) is 7.49. The zero-order valence-electron chi connectivity index (χ0n) is 18.6. The van der Waals surface area contributed by atoms with E-state index in [2.05, 4.69) is 70.5 Å². The minimum Gasteiger partial charge on any atom is -0.352 e. The third-order valence-electron chi connectivity index (χ3n) is 5.27. The highest BCUT2D eigenvalue weighted by molar-refractivity contribution is 5.94. The Balaban J connectivity index is 1.55. The van der Waals surface area contributed by atoms with Crippen LogP contribution < -0.4 is 10.6 Å². The van der Waals surface area contributed by atoms with Crippen LogP contribution in [0.25, 0.3) is 11.3 Å². The van der Waals surface area contributed by atoms with Crippen molar-refractivity contribution in [2.24, 2.45) is 0 Å². The summed E-state index contributed by atoms with van der Waals surface area (Å²) in [5.74, 6) is 0.661. The molecule has 0 atom stereocenters. The van der Waals surface area contributed by atoms with Crippen LogP contribution in [0.5, 0.6) is 0 Å². The van der Waals surface area contributed by atoms with E-state index in [9.17, 15) is 4.79 Å².